The molecule has 0 bridgehead atoms. The molecule has 1 saturated heterocycles. The molecule has 0 radical (unpaired) electrons. The van der Waals surface area contributed by atoms with Crippen molar-refractivity contribution in [1.29, 1.82) is 0 Å². The Kier molecular flexibility index (Phi) is 7.41. The molecule has 0 spiro atoms. The van der Waals surface area contributed by atoms with Crippen molar-refractivity contribution >= 4 is 16.1 Å². The predicted molar refractivity (Wildman–Crippen MR) is 112 cm³/mol. The molecule has 1 fully saturated rings. The minimum Gasteiger partial charge on any atom is -0.465 e. The lowest BCUT2D eigenvalue weighted by atomic mass is 10.1. The lowest BCUT2D eigenvalue weighted by Crippen LogP contribution is -2.44. The number of hydrogen-bond donors (Lipinski definition) is 2. The standard InChI is InChI=1S/C21H27N3O5S/c1-16-4-6-17(7-5-16)14-29-19-8-11-24(12-9-19)30(27,28)15-20(23-21(25)26)18-3-2-10-22-13-18/h2-7,10,13,19-20,23H,8-9,11-12,14-15H2,1H3,(H,25,26). The molecule has 2 heterocycles. The van der Waals surface area contributed by atoms with E-state index < -0.39 is 22.2 Å². The van der Waals surface area contributed by atoms with Crippen LogP contribution in [0.3, 0.4) is 0 Å². The summed E-state index contributed by atoms with van der Waals surface area (Å²) in [5, 5.41) is 11.4. The molecule has 30 heavy (non-hydrogen) atoms. The van der Waals surface area contributed by atoms with E-state index in [1.165, 1.54) is 16.1 Å². The highest BCUT2D eigenvalue weighted by atomic mass is 32.2. The van der Waals surface area contributed by atoms with E-state index in [0.717, 1.165) is 5.56 Å². The van der Waals surface area contributed by atoms with Gasteiger partial charge in [0, 0.05) is 25.5 Å². The molecule has 2 aromatic rings. The van der Waals surface area contributed by atoms with Crippen LogP contribution in [0.15, 0.2) is 48.8 Å². The van der Waals surface area contributed by atoms with Gasteiger partial charge in [-0.25, -0.2) is 17.5 Å². The van der Waals surface area contributed by atoms with Crippen LogP contribution in [0.5, 0.6) is 0 Å². The first-order chi connectivity index (χ1) is 14.3. The molecule has 1 aliphatic heterocycles. The Labute approximate surface area is 176 Å². The summed E-state index contributed by atoms with van der Waals surface area (Å²) >= 11 is 0. The second kappa shape index (κ2) is 10.0. The Morgan fingerprint density at radius 3 is 2.57 bits per heavy atom. The third kappa shape index (κ3) is 6.25. The van der Waals surface area contributed by atoms with E-state index in [1.807, 2.05) is 31.2 Å². The van der Waals surface area contributed by atoms with E-state index in [4.69, 9.17) is 9.84 Å². The number of piperidine rings is 1. The van der Waals surface area contributed by atoms with Crippen LogP contribution in [0.25, 0.3) is 0 Å². The van der Waals surface area contributed by atoms with Crippen LogP contribution in [0.4, 0.5) is 4.79 Å². The first-order valence-electron chi connectivity index (χ1n) is 9.88. The number of carbonyl (C=O) groups is 1. The second-order valence-electron chi connectivity index (χ2n) is 7.46. The number of aromatic nitrogens is 1. The zero-order chi connectivity index (χ0) is 21.6. The molecule has 162 valence electrons. The van der Waals surface area contributed by atoms with E-state index in [2.05, 4.69) is 10.3 Å². The number of pyridine rings is 1. The predicted octanol–water partition coefficient (Wildman–Crippen LogP) is 2.71. The number of rotatable bonds is 8. The van der Waals surface area contributed by atoms with E-state index in [1.54, 1.807) is 18.3 Å². The van der Waals surface area contributed by atoms with Crippen LogP contribution in [0.2, 0.25) is 0 Å². The second-order valence-corrected chi connectivity index (χ2v) is 9.48. The quantitative estimate of drug-likeness (QED) is 0.663. The van der Waals surface area contributed by atoms with Gasteiger partial charge in [0.15, 0.2) is 0 Å². The van der Waals surface area contributed by atoms with Gasteiger partial charge in [0.1, 0.15) is 0 Å². The molecule has 0 aliphatic carbocycles. The number of sulfonamides is 1. The van der Waals surface area contributed by atoms with Gasteiger partial charge in [0.25, 0.3) is 0 Å². The summed E-state index contributed by atoms with van der Waals surface area (Å²) in [7, 11) is -3.65. The SMILES string of the molecule is Cc1ccc(COC2CCN(S(=O)(=O)CC(NC(=O)O)c3cccnc3)CC2)cc1. The van der Waals surface area contributed by atoms with Crippen molar-refractivity contribution in [3.63, 3.8) is 0 Å². The Bertz CT molecular complexity index is 927. The topological polar surface area (TPSA) is 109 Å². The van der Waals surface area contributed by atoms with Crippen molar-refractivity contribution in [2.24, 2.45) is 0 Å². The lowest BCUT2D eigenvalue weighted by Gasteiger charge is -2.32. The van der Waals surface area contributed by atoms with Crippen LogP contribution in [0.1, 0.15) is 35.6 Å². The number of hydrogen-bond acceptors (Lipinski definition) is 5. The average Bonchev–Trinajstić information content (AvgIpc) is 2.73. The summed E-state index contributed by atoms with van der Waals surface area (Å²) < 4.78 is 33.2. The zero-order valence-corrected chi connectivity index (χ0v) is 17.7. The number of carboxylic acid groups (broad SMARTS) is 1. The minimum absolute atomic E-state index is 0.00372. The molecule has 3 rings (SSSR count). The molecule has 2 N–H and O–H groups in total. The highest BCUT2D eigenvalue weighted by Gasteiger charge is 2.31. The van der Waals surface area contributed by atoms with Gasteiger partial charge in [-0.2, -0.15) is 0 Å². The molecule has 8 nitrogen and oxygen atoms in total. The smallest absolute Gasteiger partial charge is 0.405 e. The van der Waals surface area contributed by atoms with Gasteiger partial charge >= 0.3 is 6.09 Å². The molecular formula is C21H27N3O5S. The fourth-order valence-electron chi connectivity index (χ4n) is 3.44. The molecule has 9 heteroatoms. The normalized spacial score (nSPS) is 16.8. The van der Waals surface area contributed by atoms with Gasteiger partial charge in [0.05, 0.1) is 24.5 Å². The van der Waals surface area contributed by atoms with Crippen LogP contribution in [0, 0.1) is 6.92 Å². The van der Waals surface area contributed by atoms with Crippen LogP contribution < -0.4 is 5.32 Å². The number of amides is 1. The first kappa shape index (κ1) is 22.2. The maximum absolute atomic E-state index is 12.9. The first-order valence-corrected chi connectivity index (χ1v) is 11.5. The molecule has 1 unspecified atom stereocenters. The third-order valence-electron chi connectivity index (χ3n) is 5.16. The summed E-state index contributed by atoms with van der Waals surface area (Å²) in [5.74, 6) is -0.347. The van der Waals surface area contributed by atoms with Gasteiger partial charge < -0.3 is 15.2 Å². The van der Waals surface area contributed by atoms with Crippen LogP contribution in [-0.2, 0) is 21.4 Å². The number of nitrogens with zero attached hydrogens (tertiary/aromatic N) is 2. The van der Waals surface area contributed by atoms with E-state index in [9.17, 15) is 13.2 Å². The van der Waals surface area contributed by atoms with Crippen molar-refractivity contribution in [2.75, 3.05) is 18.8 Å². The van der Waals surface area contributed by atoms with Gasteiger partial charge in [-0.15, -0.1) is 0 Å². The molecule has 0 saturated carbocycles. The van der Waals surface area contributed by atoms with Gasteiger partial charge in [-0.1, -0.05) is 35.9 Å². The Balaban J connectivity index is 1.55. The number of benzene rings is 1. The maximum atomic E-state index is 12.9. The monoisotopic (exact) mass is 433 g/mol. The lowest BCUT2D eigenvalue weighted by molar-refractivity contribution is 0.0102. The van der Waals surface area contributed by atoms with Crippen molar-refractivity contribution in [3.8, 4) is 0 Å². The molecule has 1 aromatic carbocycles. The Morgan fingerprint density at radius 1 is 1.27 bits per heavy atom. The number of aryl methyl sites for hydroxylation is 1. The average molecular weight is 434 g/mol. The highest BCUT2D eigenvalue weighted by Crippen LogP contribution is 2.22. The molecule has 1 aromatic heterocycles. The third-order valence-corrected chi connectivity index (χ3v) is 7.07. The van der Waals surface area contributed by atoms with E-state index >= 15 is 0 Å². The van der Waals surface area contributed by atoms with Crippen molar-refractivity contribution < 1.29 is 23.1 Å². The van der Waals surface area contributed by atoms with Crippen molar-refractivity contribution in [1.82, 2.24) is 14.6 Å². The molecule has 1 atom stereocenters. The van der Waals surface area contributed by atoms with Crippen LogP contribution >= 0.6 is 0 Å². The van der Waals surface area contributed by atoms with Gasteiger partial charge in [-0.05, 0) is 37.0 Å². The number of nitrogens with one attached hydrogen (secondary N) is 1. The minimum atomic E-state index is -3.65. The summed E-state index contributed by atoms with van der Waals surface area (Å²) in [6, 6.07) is 10.6. The summed E-state index contributed by atoms with van der Waals surface area (Å²) in [4.78, 5) is 15.1. The highest BCUT2D eigenvalue weighted by molar-refractivity contribution is 7.89. The van der Waals surface area contributed by atoms with Crippen molar-refractivity contribution in [2.45, 2.75) is 38.5 Å². The number of ether oxygens (including phenoxy) is 1. The zero-order valence-electron chi connectivity index (χ0n) is 16.9. The van der Waals surface area contributed by atoms with E-state index in [0.29, 0.717) is 38.1 Å². The largest absolute Gasteiger partial charge is 0.465 e. The van der Waals surface area contributed by atoms with Crippen molar-refractivity contribution in [3.05, 3.63) is 65.5 Å². The van der Waals surface area contributed by atoms with Crippen LogP contribution in [-0.4, -0.2) is 53.9 Å². The van der Waals surface area contributed by atoms with E-state index in [-0.39, 0.29) is 11.9 Å². The maximum Gasteiger partial charge on any atom is 0.405 e. The fraction of sp³-hybridized carbons (Fsp3) is 0.429. The molecule has 1 aliphatic rings. The Morgan fingerprint density at radius 2 is 1.97 bits per heavy atom. The van der Waals surface area contributed by atoms with Gasteiger partial charge in [-0.3, -0.25) is 4.98 Å². The summed E-state index contributed by atoms with van der Waals surface area (Å²) in [6.07, 6.45) is 2.97. The molecule has 1 amide bonds. The fourth-order valence-corrected chi connectivity index (χ4v) is 5.12. The Hall–Kier alpha value is -2.49. The summed E-state index contributed by atoms with van der Waals surface area (Å²) in [5.41, 5.74) is 2.80. The summed E-state index contributed by atoms with van der Waals surface area (Å²) in [6.45, 7) is 3.25. The molecular weight excluding hydrogens is 406 g/mol. The van der Waals surface area contributed by atoms with Gasteiger partial charge in [0.2, 0.25) is 10.0 Å².